The van der Waals surface area contributed by atoms with E-state index in [0.717, 1.165) is 5.56 Å². The van der Waals surface area contributed by atoms with Crippen LogP contribution in [0.1, 0.15) is 40.1 Å². The van der Waals surface area contributed by atoms with Crippen molar-refractivity contribution in [3.8, 4) is 5.75 Å². The van der Waals surface area contributed by atoms with Crippen molar-refractivity contribution in [2.45, 2.75) is 26.8 Å². The second-order valence-electron chi connectivity index (χ2n) is 6.45. The molecule has 2 rings (SSSR count). The molecular weight excluding hydrogens is 346 g/mol. The third kappa shape index (κ3) is 5.17. The van der Waals surface area contributed by atoms with Crippen molar-refractivity contribution in [1.29, 1.82) is 0 Å². The number of benzene rings is 2. The minimum Gasteiger partial charge on any atom is -0.465 e. The third-order valence-electron chi connectivity index (χ3n) is 4.09. The van der Waals surface area contributed by atoms with Crippen LogP contribution in [0.5, 0.6) is 5.75 Å². The monoisotopic (exact) mass is 369 g/mol. The fourth-order valence-electron chi connectivity index (χ4n) is 2.50. The normalized spacial score (nSPS) is 11.6. The van der Waals surface area contributed by atoms with Gasteiger partial charge in [-0.25, -0.2) is 9.59 Å². The summed E-state index contributed by atoms with van der Waals surface area (Å²) in [7, 11) is 1.29. The quantitative estimate of drug-likeness (QED) is 0.625. The molecule has 0 spiro atoms. The molecule has 0 aliphatic carbocycles. The number of methoxy groups -OCH3 is 1. The Labute approximate surface area is 158 Å². The van der Waals surface area contributed by atoms with Crippen LogP contribution in [0.15, 0.2) is 48.5 Å². The number of rotatable bonds is 6. The molecule has 6 nitrogen and oxygen atoms in total. The molecule has 0 aliphatic heterocycles. The van der Waals surface area contributed by atoms with Crippen molar-refractivity contribution in [1.82, 2.24) is 5.32 Å². The van der Waals surface area contributed by atoms with Crippen LogP contribution in [-0.2, 0) is 9.53 Å². The summed E-state index contributed by atoms with van der Waals surface area (Å²) in [5.41, 5.74) is 1.69. The van der Waals surface area contributed by atoms with Crippen LogP contribution in [0.25, 0.3) is 0 Å². The number of aryl methyl sites for hydroxylation is 1. The number of carbonyl (C=O) groups excluding carboxylic acids is 3. The van der Waals surface area contributed by atoms with Crippen molar-refractivity contribution in [2.75, 3.05) is 7.11 Å². The van der Waals surface area contributed by atoms with Gasteiger partial charge < -0.3 is 14.8 Å². The lowest BCUT2D eigenvalue weighted by Gasteiger charge is -2.21. The van der Waals surface area contributed by atoms with Gasteiger partial charge in [0.15, 0.2) is 0 Å². The summed E-state index contributed by atoms with van der Waals surface area (Å²) < 4.78 is 10.00. The summed E-state index contributed by atoms with van der Waals surface area (Å²) in [5.74, 6) is -1.26. The Kier molecular flexibility index (Phi) is 6.71. The zero-order valence-electron chi connectivity index (χ0n) is 15.8. The smallest absolute Gasteiger partial charge is 0.337 e. The first-order chi connectivity index (χ1) is 12.8. The number of ether oxygens (including phenoxy) is 2. The number of hydrogen-bond acceptors (Lipinski definition) is 5. The summed E-state index contributed by atoms with van der Waals surface area (Å²) >= 11 is 0. The maximum absolute atomic E-state index is 12.6. The van der Waals surface area contributed by atoms with Gasteiger partial charge >= 0.3 is 11.9 Å². The SMILES string of the molecule is COC(=O)c1ccc(OC(=O)[C@@H](NC(=O)c2ccccc2C)C(C)C)cc1. The Morgan fingerprint density at radius 3 is 2.15 bits per heavy atom. The van der Waals surface area contributed by atoms with Gasteiger partial charge in [0.05, 0.1) is 12.7 Å². The summed E-state index contributed by atoms with van der Waals surface area (Å²) in [6.07, 6.45) is 0. The molecule has 27 heavy (non-hydrogen) atoms. The molecule has 142 valence electrons. The fourth-order valence-corrected chi connectivity index (χ4v) is 2.50. The molecule has 2 aromatic rings. The maximum atomic E-state index is 12.6. The predicted octanol–water partition coefficient (Wildman–Crippen LogP) is 3.14. The highest BCUT2D eigenvalue weighted by Gasteiger charge is 2.27. The predicted molar refractivity (Wildman–Crippen MR) is 101 cm³/mol. The maximum Gasteiger partial charge on any atom is 0.337 e. The standard InChI is InChI=1S/C21H23NO5/c1-13(2)18(22-19(23)17-8-6-5-7-14(17)3)21(25)27-16-11-9-15(10-12-16)20(24)26-4/h5-13,18H,1-4H3,(H,22,23)/t18-/m0/s1. The van der Waals surface area contributed by atoms with E-state index in [-0.39, 0.29) is 17.6 Å². The van der Waals surface area contributed by atoms with Crippen molar-refractivity contribution in [2.24, 2.45) is 5.92 Å². The van der Waals surface area contributed by atoms with Crippen LogP contribution in [0.4, 0.5) is 0 Å². The van der Waals surface area contributed by atoms with E-state index in [9.17, 15) is 14.4 Å². The average Bonchev–Trinajstić information content (AvgIpc) is 2.65. The second kappa shape index (κ2) is 8.98. The molecule has 0 aliphatic rings. The van der Waals surface area contributed by atoms with E-state index in [1.807, 2.05) is 32.9 Å². The molecule has 0 unspecified atom stereocenters. The number of nitrogens with one attached hydrogen (secondary N) is 1. The molecule has 0 heterocycles. The number of amides is 1. The second-order valence-corrected chi connectivity index (χ2v) is 6.45. The third-order valence-corrected chi connectivity index (χ3v) is 4.09. The largest absolute Gasteiger partial charge is 0.465 e. The van der Waals surface area contributed by atoms with E-state index in [1.165, 1.54) is 31.4 Å². The van der Waals surface area contributed by atoms with Gasteiger partial charge in [0.2, 0.25) is 0 Å². The van der Waals surface area contributed by atoms with Crippen molar-refractivity contribution in [3.63, 3.8) is 0 Å². The van der Waals surface area contributed by atoms with Crippen LogP contribution < -0.4 is 10.1 Å². The van der Waals surface area contributed by atoms with Gasteiger partial charge in [0, 0.05) is 5.56 Å². The molecule has 0 fully saturated rings. The fraction of sp³-hybridized carbons (Fsp3) is 0.286. The number of carbonyl (C=O) groups is 3. The highest BCUT2D eigenvalue weighted by molar-refractivity contribution is 5.98. The van der Waals surface area contributed by atoms with Gasteiger partial charge in [-0.2, -0.15) is 0 Å². The lowest BCUT2D eigenvalue weighted by Crippen LogP contribution is -2.46. The highest BCUT2D eigenvalue weighted by Crippen LogP contribution is 2.16. The van der Waals surface area contributed by atoms with E-state index in [4.69, 9.17) is 4.74 Å². The Hall–Kier alpha value is -3.15. The summed E-state index contributed by atoms with van der Waals surface area (Å²) in [6, 6.07) is 12.4. The highest BCUT2D eigenvalue weighted by atomic mass is 16.5. The molecule has 0 saturated heterocycles. The molecule has 0 radical (unpaired) electrons. The van der Waals surface area contributed by atoms with Gasteiger partial charge in [-0.15, -0.1) is 0 Å². The zero-order valence-corrected chi connectivity index (χ0v) is 15.8. The molecule has 1 N–H and O–H groups in total. The Morgan fingerprint density at radius 2 is 1.59 bits per heavy atom. The minimum absolute atomic E-state index is 0.167. The zero-order chi connectivity index (χ0) is 20.0. The van der Waals surface area contributed by atoms with E-state index in [1.54, 1.807) is 12.1 Å². The molecular formula is C21H23NO5. The molecule has 0 aromatic heterocycles. The van der Waals surface area contributed by atoms with E-state index >= 15 is 0 Å². The van der Waals surface area contributed by atoms with Gasteiger partial charge in [-0.3, -0.25) is 4.79 Å². The molecule has 0 bridgehead atoms. The van der Waals surface area contributed by atoms with E-state index in [0.29, 0.717) is 11.1 Å². The first kappa shape index (κ1) is 20.2. The van der Waals surface area contributed by atoms with Crippen molar-refractivity contribution >= 4 is 17.8 Å². The van der Waals surface area contributed by atoms with Gasteiger partial charge in [-0.05, 0) is 48.7 Å². The van der Waals surface area contributed by atoms with Crippen LogP contribution in [0, 0.1) is 12.8 Å². The Morgan fingerprint density at radius 1 is 0.963 bits per heavy atom. The lowest BCUT2D eigenvalue weighted by molar-refractivity contribution is -0.137. The summed E-state index contributed by atoms with van der Waals surface area (Å²) in [4.78, 5) is 36.5. The average molecular weight is 369 g/mol. The summed E-state index contributed by atoms with van der Waals surface area (Å²) in [6.45, 7) is 5.48. The minimum atomic E-state index is -0.808. The topological polar surface area (TPSA) is 81.7 Å². The molecule has 6 heteroatoms. The molecule has 1 amide bonds. The molecule has 2 aromatic carbocycles. The Bertz CT molecular complexity index is 827. The molecule has 0 saturated carbocycles. The van der Waals surface area contributed by atoms with Crippen molar-refractivity contribution in [3.05, 3.63) is 65.2 Å². The van der Waals surface area contributed by atoms with Gasteiger partial charge in [0.1, 0.15) is 11.8 Å². The lowest BCUT2D eigenvalue weighted by atomic mass is 10.0. The van der Waals surface area contributed by atoms with Gasteiger partial charge in [-0.1, -0.05) is 32.0 Å². The number of hydrogen-bond donors (Lipinski definition) is 1. The van der Waals surface area contributed by atoms with Gasteiger partial charge in [0.25, 0.3) is 5.91 Å². The summed E-state index contributed by atoms with van der Waals surface area (Å²) in [5, 5.41) is 2.74. The van der Waals surface area contributed by atoms with Crippen LogP contribution in [-0.4, -0.2) is 31.0 Å². The first-order valence-corrected chi connectivity index (χ1v) is 8.60. The van der Waals surface area contributed by atoms with Crippen LogP contribution in [0.3, 0.4) is 0 Å². The number of esters is 2. The Balaban J connectivity index is 2.10. The van der Waals surface area contributed by atoms with E-state index < -0.39 is 18.0 Å². The first-order valence-electron chi connectivity index (χ1n) is 8.60. The van der Waals surface area contributed by atoms with Crippen LogP contribution >= 0.6 is 0 Å². The van der Waals surface area contributed by atoms with Crippen molar-refractivity contribution < 1.29 is 23.9 Å². The van der Waals surface area contributed by atoms with Crippen LogP contribution in [0.2, 0.25) is 0 Å². The van der Waals surface area contributed by atoms with E-state index in [2.05, 4.69) is 10.1 Å². The molecule has 1 atom stereocenters.